The van der Waals surface area contributed by atoms with Crippen molar-refractivity contribution in [1.29, 1.82) is 0 Å². The van der Waals surface area contributed by atoms with Crippen LogP contribution in [0.2, 0.25) is 0 Å². The summed E-state index contributed by atoms with van der Waals surface area (Å²) in [7, 11) is -9.93. The summed E-state index contributed by atoms with van der Waals surface area (Å²) < 4.78 is 69.0. The Hall–Kier alpha value is -1.94. The molecular weight excluding hydrogens is 1400 g/mol. The Morgan fingerprint density at radius 2 is 0.426 bits per heavy atom. The van der Waals surface area contributed by atoms with Crippen molar-refractivity contribution in [2.24, 2.45) is 17.8 Å². The molecular formula is C89H174O17P2. The van der Waals surface area contributed by atoms with E-state index in [0.717, 1.165) is 108 Å². The van der Waals surface area contributed by atoms with Gasteiger partial charge in [0.1, 0.15) is 19.3 Å². The number of hydrogen-bond acceptors (Lipinski definition) is 15. The van der Waals surface area contributed by atoms with E-state index < -0.39 is 97.5 Å². The first-order valence-electron chi connectivity index (χ1n) is 45.8. The zero-order valence-corrected chi connectivity index (χ0v) is 73.1. The van der Waals surface area contributed by atoms with Gasteiger partial charge in [-0.05, 0) is 43.4 Å². The highest BCUT2D eigenvalue weighted by atomic mass is 31.2. The Morgan fingerprint density at radius 1 is 0.250 bits per heavy atom. The number of carbonyl (C=O) groups excluding carboxylic acids is 4. The second-order valence-electron chi connectivity index (χ2n) is 33.4. The third kappa shape index (κ3) is 82.1. The second-order valence-corrected chi connectivity index (χ2v) is 36.3. The van der Waals surface area contributed by atoms with Crippen LogP contribution in [0.3, 0.4) is 0 Å². The van der Waals surface area contributed by atoms with Gasteiger partial charge in [0.05, 0.1) is 26.4 Å². The zero-order valence-electron chi connectivity index (χ0n) is 71.3. The van der Waals surface area contributed by atoms with Gasteiger partial charge in [0.15, 0.2) is 12.2 Å². The zero-order chi connectivity index (χ0) is 79.3. The number of unbranched alkanes of at least 4 members (excludes halogenated alkanes) is 55. The SMILES string of the molecule is CCCCCCCCCCCCCCCCCCC(=O)O[C@H](COC(=O)CCCCCCCCCC(C)C)COP(=O)(O)OC[C@H](O)COP(=O)(O)OC[C@@H](COC(=O)CCCCCCCCCCCCCCCCCCCCC(C)C)OC(=O)CCCCCCCCCCCCCCCCCCCCC(C)C. The Balaban J connectivity index is 5.22. The predicted octanol–water partition coefficient (Wildman–Crippen LogP) is 27.3. The molecule has 0 rings (SSSR count). The molecule has 0 aromatic rings. The minimum Gasteiger partial charge on any atom is -0.462 e. The first-order valence-corrected chi connectivity index (χ1v) is 48.8. The van der Waals surface area contributed by atoms with E-state index in [1.807, 2.05) is 0 Å². The summed E-state index contributed by atoms with van der Waals surface area (Å²) in [4.78, 5) is 73.3. The topological polar surface area (TPSA) is 237 Å². The minimum atomic E-state index is -4.97. The fraction of sp³-hybridized carbons (Fsp3) is 0.955. The second kappa shape index (κ2) is 78.9. The highest BCUT2D eigenvalue weighted by Crippen LogP contribution is 2.45. The fourth-order valence-electron chi connectivity index (χ4n) is 13.9. The minimum absolute atomic E-state index is 0.108. The summed E-state index contributed by atoms with van der Waals surface area (Å²) in [5.74, 6) is 0.247. The van der Waals surface area contributed by atoms with Gasteiger partial charge in [-0.3, -0.25) is 37.3 Å². The third-order valence-electron chi connectivity index (χ3n) is 20.9. The van der Waals surface area contributed by atoms with E-state index in [4.69, 9.17) is 37.0 Å². The number of phosphoric acid groups is 2. The highest BCUT2D eigenvalue weighted by Gasteiger charge is 2.31. The molecule has 0 aromatic carbocycles. The van der Waals surface area contributed by atoms with Gasteiger partial charge in [0.25, 0.3) is 0 Å². The molecule has 0 fully saturated rings. The maximum Gasteiger partial charge on any atom is 0.472 e. The lowest BCUT2D eigenvalue weighted by Crippen LogP contribution is -2.30. The molecule has 3 N–H and O–H groups in total. The number of esters is 4. The van der Waals surface area contributed by atoms with E-state index >= 15 is 0 Å². The normalized spacial score (nSPS) is 13.8. The van der Waals surface area contributed by atoms with Gasteiger partial charge in [0.2, 0.25) is 0 Å². The first kappa shape index (κ1) is 106. The van der Waals surface area contributed by atoms with Crippen molar-refractivity contribution < 1.29 is 80.2 Å². The summed E-state index contributed by atoms with van der Waals surface area (Å²) >= 11 is 0. The van der Waals surface area contributed by atoms with E-state index in [1.165, 1.54) is 276 Å². The van der Waals surface area contributed by atoms with Crippen molar-refractivity contribution in [3.05, 3.63) is 0 Å². The molecule has 0 amide bonds. The number of hydrogen-bond donors (Lipinski definition) is 3. The molecule has 5 atom stereocenters. The number of ether oxygens (including phenoxy) is 4. The average molecular weight is 1580 g/mol. The summed E-state index contributed by atoms with van der Waals surface area (Å²) in [5.41, 5.74) is 0. The Bertz CT molecular complexity index is 2080. The Kier molecular flexibility index (Phi) is 77.5. The fourth-order valence-corrected chi connectivity index (χ4v) is 15.5. The average Bonchev–Trinajstić information content (AvgIpc) is 0.900. The van der Waals surface area contributed by atoms with Gasteiger partial charge in [-0.2, -0.15) is 0 Å². The maximum absolute atomic E-state index is 13.2. The van der Waals surface area contributed by atoms with Gasteiger partial charge in [-0.25, -0.2) is 9.13 Å². The summed E-state index contributed by atoms with van der Waals surface area (Å²) in [6.45, 7) is 12.0. The van der Waals surface area contributed by atoms with Crippen LogP contribution in [0.4, 0.5) is 0 Å². The lowest BCUT2D eigenvalue weighted by molar-refractivity contribution is -0.161. The molecule has 108 heavy (non-hydrogen) atoms. The van der Waals surface area contributed by atoms with Gasteiger partial charge in [0, 0.05) is 25.7 Å². The smallest absolute Gasteiger partial charge is 0.462 e. The molecule has 0 heterocycles. The molecule has 642 valence electrons. The number of carbonyl (C=O) groups is 4. The molecule has 19 heteroatoms. The molecule has 0 saturated heterocycles. The van der Waals surface area contributed by atoms with Crippen LogP contribution in [-0.2, 0) is 65.4 Å². The van der Waals surface area contributed by atoms with Crippen LogP contribution in [0.15, 0.2) is 0 Å². The molecule has 0 aromatic heterocycles. The highest BCUT2D eigenvalue weighted by molar-refractivity contribution is 7.47. The van der Waals surface area contributed by atoms with E-state index in [9.17, 15) is 43.2 Å². The number of rotatable bonds is 87. The summed E-state index contributed by atoms with van der Waals surface area (Å²) in [6.07, 6.45) is 71.0. The molecule has 0 saturated carbocycles. The molecule has 0 aliphatic carbocycles. The molecule has 0 radical (unpaired) electrons. The summed E-state index contributed by atoms with van der Waals surface area (Å²) in [6, 6.07) is 0. The third-order valence-corrected chi connectivity index (χ3v) is 22.8. The van der Waals surface area contributed by atoms with Crippen LogP contribution in [0.25, 0.3) is 0 Å². The van der Waals surface area contributed by atoms with Crippen LogP contribution in [0.5, 0.6) is 0 Å². The van der Waals surface area contributed by atoms with E-state index in [1.54, 1.807) is 0 Å². The lowest BCUT2D eigenvalue weighted by atomic mass is 10.0. The molecule has 0 aliphatic heterocycles. The number of aliphatic hydroxyl groups is 1. The maximum atomic E-state index is 13.2. The summed E-state index contributed by atoms with van der Waals surface area (Å²) in [5, 5.41) is 10.7. The van der Waals surface area contributed by atoms with Crippen molar-refractivity contribution in [3.8, 4) is 0 Å². The molecule has 2 unspecified atom stereocenters. The number of phosphoric ester groups is 2. The standard InChI is InChI=1S/C89H174O17P2/c1-8-9-10-11-12-13-14-15-16-27-33-38-43-50-58-65-73-89(94)106-85(77-100-87(92)71-64-57-52-45-48-55-62-69-82(6)7)79-104-108(97,98)102-75-83(90)74-101-107(95,96)103-78-84(105-88(93)72-66-59-51-44-39-34-29-24-20-18-22-26-31-36-41-47-54-61-68-81(4)5)76-99-86(91)70-63-56-49-42-37-32-28-23-19-17-21-25-30-35-40-46-53-60-67-80(2)3/h80-85,90H,8-79H2,1-7H3,(H,95,96)(H,97,98)/t83-,84-,85-/m1/s1. The van der Waals surface area contributed by atoms with Crippen LogP contribution in [0.1, 0.15) is 472 Å². The van der Waals surface area contributed by atoms with Crippen molar-refractivity contribution in [2.45, 2.75) is 491 Å². The largest absolute Gasteiger partial charge is 0.472 e. The monoisotopic (exact) mass is 1580 g/mol. The Morgan fingerprint density at radius 3 is 0.630 bits per heavy atom. The van der Waals surface area contributed by atoms with Gasteiger partial charge in [-0.1, -0.05) is 421 Å². The van der Waals surface area contributed by atoms with E-state index in [2.05, 4.69) is 48.5 Å². The van der Waals surface area contributed by atoms with E-state index in [-0.39, 0.29) is 25.7 Å². The lowest BCUT2D eigenvalue weighted by Gasteiger charge is -2.21. The first-order chi connectivity index (χ1) is 52.2. The predicted molar refractivity (Wildman–Crippen MR) is 446 cm³/mol. The van der Waals surface area contributed by atoms with Crippen LogP contribution in [0, 0.1) is 17.8 Å². The van der Waals surface area contributed by atoms with Gasteiger partial charge in [-0.15, -0.1) is 0 Å². The molecule has 0 spiro atoms. The van der Waals surface area contributed by atoms with Crippen molar-refractivity contribution in [1.82, 2.24) is 0 Å². The quantitative estimate of drug-likeness (QED) is 0.0222. The molecule has 0 bridgehead atoms. The van der Waals surface area contributed by atoms with Crippen LogP contribution in [-0.4, -0.2) is 96.7 Å². The Labute approximate surface area is 664 Å². The molecule has 0 aliphatic rings. The van der Waals surface area contributed by atoms with Gasteiger partial charge >= 0.3 is 39.5 Å². The van der Waals surface area contributed by atoms with Gasteiger partial charge < -0.3 is 33.8 Å². The van der Waals surface area contributed by atoms with Crippen molar-refractivity contribution in [3.63, 3.8) is 0 Å². The van der Waals surface area contributed by atoms with Crippen molar-refractivity contribution in [2.75, 3.05) is 39.6 Å². The van der Waals surface area contributed by atoms with Crippen molar-refractivity contribution >= 4 is 39.5 Å². The molecule has 17 nitrogen and oxygen atoms in total. The van der Waals surface area contributed by atoms with E-state index in [0.29, 0.717) is 31.6 Å². The van der Waals surface area contributed by atoms with Crippen LogP contribution >= 0.6 is 15.6 Å². The van der Waals surface area contributed by atoms with Crippen LogP contribution < -0.4 is 0 Å². The number of aliphatic hydroxyl groups excluding tert-OH is 1.